The maximum absolute atomic E-state index is 11.9. The summed E-state index contributed by atoms with van der Waals surface area (Å²) >= 11 is 1.49. The van der Waals surface area contributed by atoms with Crippen molar-refractivity contribution in [2.24, 2.45) is 0 Å². The zero-order valence-corrected chi connectivity index (χ0v) is 15.7. The Balaban J connectivity index is 1.33. The molecule has 0 radical (unpaired) electrons. The summed E-state index contributed by atoms with van der Waals surface area (Å²) in [5.74, 6) is -0.127. The largest absolute Gasteiger partial charge is 0.352 e. The second kappa shape index (κ2) is 9.68. The van der Waals surface area contributed by atoms with Crippen LogP contribution in [0.5, 0.6) is 0 Å². The minimum atomic E-state index is -0.0949. The molecule has 2 N–H and O–H groups in total. The summed E-state index contributed by atoms with van der Waals surface area (Å²) in [7, 11) is 0. The minimum absolute atomic E-state index is 0.0319. The van der Waals surface area contributed by atoms with Gasteiger partial charge in [-0.15, -0.1) is 0 Å². The lowest BCUT2D eigenvalue weighted by molar-refractivity contribution is -0.121. The summed E-state index contributed by atoms with van der Waals surface area (Å²) in [6.07, 6.45) is 4.69. The highest BCUT2D eigenvalue weighted by atomic mass is 32.1. The monoisotopic (exact) mass is 382 g/mol. The Morgan fingerprint density at radius 3 is 2.70 bits per heavy atom. The molecule has 6 nitrogen and oxygen atoms in total. The number of thiophene rings is 1. The van der Waals surface area contributed by atoms with Crippen LogP contribution in [0.3, 0.4) is 0 Å². The van der Waals surface area contributed by atoms with E-state index in [1.165, 1.54) is 16.9 Å². The van der Waals surface area contributed by atoms with Gasteiger partial charge in [-0.2, -0.15) is 16.4 Å². The van der Waals surface area contributed by atoms with Crippen molar-refractivity contribution in [1.29, 1.82) is 0 Å². The number of amides is 2. The maximum atomic E-state index is 11.9. The number of benzene rings is 1. The molecule has 2 heterocycles. The van der Waals surface area contributed by atoms with Gasteiger partial charge in [-0.05, 0) is 23.4 Å². The molecule has 2 amide bonds. The Kier molecular flexibility index (Phi) is 6.76. The average Bonchev–Trinajstić information content (AvgIpc) is 3.36. The van der Waals surface area contributed by atoms with Crippen LogP contribution in [-0.4, -0.2) is 28.1 Å². The quantitative estimate of drug-likeness (QED) is 0.559. The van der Waals surface area contributed by atoms with Crippen molar-refractivity contribution in [3.05, 3.63) is 76.2 Å². The third-order valence-corrected chi connectivity index (χ3v) is 4.70. The lowest BCUT2D eigenvalue weighted by Gasteiger charge is -2.05. The van der Waals surface area contributed by atoms with E-state index in [0.29, 0.717) is 38.0 Å². The van der Waals surface area contributed by atoms with E-state index in [-0.39, 0.29) is 11.8 Å². The molecular formula is C20H22N4O2S. The fourth-order valence-corrected chi connectivity index (χ4v) is 3.23. The van der Waals surface area contributed by atoms with Crippen LogP contribution in [-0.2, 0) is 17.9 Å². The van der Waals surface area contributed by atoms with Crippen LogP contribution in [0.15, 0.2) is 59.6 Å². The number of aromatic nitrogens is 2. The highest BCUT2D eigenvalue weighted by molar-refractivity contribution is 7.08. The molecule has 0 saturated heterocycles. The van der Waals surface area contributed by atoms with Gasteiger partial charge in [0.25, 0.3) is 5.91 Å². The summed E-state index contributed by atoms with van der Waals surface area (Å²) in [5, 5.41) is 13.7. The van der Waals surface area contributed by atoms with Crippen molar-refractivity contribution in [3.8, 4) is 0 Å². The second-order valence-corrected chi connectivity index (χ2v) is 6.96. The van der Waals surface area contributed by atoms with Gasteiger partial charge in [0.2, 0.25) is 5.91 Å². The molecule has 0 atom stereocenters. The van der Waals surface area contributed by atoms with Gasteiger partial charge < -0.3 is 10.6 Å². The molecule has 0 aliphatic heterocycles. The molecule has 7 heteroatoms. The number of nitrogens with one attached hydrogen (secondary N) is 2. The molecule has 0 spiro atoms. The zero-order valence-electron chi connectivity index (χ0n) is 14.9. The number of hydrogen-bond acceptors (Lipinski definition) is 4. The van der Waals surface area contributed by atoms with E-state index >= 15 is 0 Å². The summed E-state index contributed by atoms with van der Waals surface area (Å²) in [6, 6.07) is 11.9. The third kappa shape index (κ3) is 6.07. The summed E-state index contributed by atoms with van der Waals surface area (Å²) in [6.45, 7) is 1.64. The molecule has 0 bridgehead atoms. The Hall–Kier alpha value is -2.93. The van der Waals surface area contributed by atoms with E-state index in [4.69, 9.17) is 0 Å². The van der Waals surface area contributed by atoms with E-state index in [1.54, 1.807) is 17.6 Å². The van der Waals surface area contributed by atoms with E-state index in [0.717, 1.165) is 5.56 Å². The summed E-state index contributed by atoms with van der Waals surface area (Å²) < 4.78 is 1.86. The Bertz CT molecular complexity index is 859. The van der Waals surface area contributed by atoms with Crippen LogP contribution >= 0.6 is 11.3 Å². The maximum Gasteiger partial charge on any atom is 0.252 e. The molecule has 0 fully saturated rings. The van der Waals surface area contributed by atoms with Crippen LogP contribution in [0.4, 0.5) is 0 Å². The van der Waals surface area contributed by atoms with Gasteiger partial charge in [0, 0.05) is 42.2 Å². The lowest BCUT2D eigenvalue weighted by atomic mass is 10.2. The lowest BCUT2D eigenvalue weighted by Crippen LogP contribution is -2.27. The number of carbonyl (C=O) groups excluding carboxylic acids is 2. The summed E-state index contributed by atoms with van der Waals surface area (Å²) in [4.78, 5) is 23.7. The number of rotatable bonds is 9. The first-order chi connectivity index (χ1) is 13.2. The van der Waals surface area contributed by atoms with Crippen molar-refractivity contribution < 1.29 is 9.59 Å². The zero-order chi connectivity index (χ0) is 18.9. The third-order valence-electron chi connectivity index (χ3n) is 4.01. The van der Waals surface area contributed by atoms with Crippen molar-refractivity contribution in [3.63, 3.8) is 0 Å². The fourth-order valence-electron chi connectivity index (χ4n) is 2.59. The van der Waals surface area contributed by atoms with Gasteiger partial charge in [-0.25, -0.2) is 0 Å². The first-order valence-corrected chi connectivity index (χ1v) is 9.77. The van der Waals surface area contributed by atoms with E-state index in [2.05, 4.69) is 27.9 Å². The van der Waals surface area contributed by atoms with Crippen molar-refractivity contribution in [1.82, 2.24) is 20.4 Å². The molecule has 0 aliphatic carbocycles. The molecule has 0 aliphatic rings. The molecular weight excluding hydrogens is 360 g/mol. The number of nitrogens with zero attached hydrogens (tertiary/aromatic N) is 2. The fraction of sp³-hybridized carbons (Fsp3) is 0.250. The normalized spacial score (nSPS) is 10.5. The topological polar surface area (TPSA) is 76.0 Å². The number of hydrogen-bond donors (Lipinski definition) is 2. The molecule has 27 heavy (non-hydrogen) atoms. The van der Waals surface area contributed by atoms with Gasteiger partial charge in [0.05, 0.1) is 12.7 Å². The molecule has 0 saturated carbocycles. The van der Waals surface area contributed by atoms with Crippen molar-refractivity contribution in [2.75, 3.05) is 6.54 Å². The second-order valence-electron chi connectivity index (χ2n) is 6.18. The standard InChI is InChI=1S/C20H22N4O2S/c25-19(7-4-9-21-20(26)18-8-10-27-15-18)22-11-17-12-23-24(14-17)13-16-5-2-1-3-6-16/h1-3,5-6,8,10,12,14-15H,4,7,9,11,13H2,(H,21,26)(H,22,25). The van der Waals surface area contributed by atoms with Crippen molar-refractivity contribution >= 4 is 23.2 Å². The first-order valence-electron chi connectivity index (χ1n) is 8.83. The Morgan fingerprint density at radius 1 is 1.07 bits per heavy atom. The van der Waals surface area contributed by atoms with Gasteiger partial charge >= 0.3 is 0 Å². The molecule has 1 aromatic carbocycles. The van der Waals surface area contributed by atoms with Crippen LogP contribution in [0.1, 0.15) is 34.3 Å². The molecule has 3 rings (SSSR count). The van der Waals surface area contributed by atoms with Gasteiger partial charge in [0.15, 0.2) is 0 Å². The highest BCUT2D eigenvalue weighted by Crippen LogP contribution is 2.06. The molecule has 140 valence electrons. The first kappa shape index (κ1) is 18.8. The van der Waals surface area contributed by atoms with E-state index in [9.17, 15) is 9.59 Å². The van der Waals surface area contributed by atoms with Crippen LogP contribution in [0, 0.1) is 0 Å². The predicted molar refractivity (Wildman–Crippen MR) is 106 cm³/mol. The molecule has 0 unspecified atom stereocenters. The average molecular weight is 382 g/mol. The van der Waals surface area contributed by atoms with Crippen LogP contribution in [0.25, 0.3) is 0 Å². The summed E-state index contributed by atoms with van der Waals surface area (Å²) in [5.41, 5.74) is 2.81. The Morgan fingerprint density at radius 2 is 1.93 bits per heavy atom. The van der Waals surface area contributed by atoms with Crippen LogP contribution in [0.2, 0.25) is 0 Å². The van der Waals surface area contributed by atoms with Gasteiger partial charge in [-0.3, -0.25) is 14.3 Å². The Labute approximate surface area is 162 Å². The van der Waals surface area contributed by atoms with E-state index in [1.807, 2.05) is 34.5 Å². The smallest absolute Gasteiger partial charge is 0.252 e. The van der Waals surface area contributed by atoms with Crippen molar-refractivity contribution in [2.45, 2.75) is 25.9 Å². The van der Waals surface area contributed by atoms with E-state index < -0.39 is 0 Å². The van der Waals surface area contributed by atoms with Gasteiger partial charge in [0.1, 0.15) is 0 Å². The van der Waals surface area contributed by atoms with Crippen LogP contribution < -0.4 is 10.6 Å². The molecule has 2 aromatic heterocycles. The van der Waals surface area contributed by atoms with Gasteiger partial charge in [-0.1, -0.05) is 30.3 Å². The SMILES string of the molecule is O=C(CCCNC(=O)c1ccsc1)NCc1cnn(Cc2ccccc2)c1. The highest BCUT2D eigenvalue weighted by Gasteiger charge is 2.06. The number of carbonyl (C=O) groups is 2. The minimum Gasteiger partial charge on any atom is -0.352 e. The predicted octanol–water partition coefficient (Wildman–Crippen LogP) is 2.82. The molecule has 3 aromatic rings.